The van der Waals surface area contributed by atoms with E-state index in [1.807, 2.05) is 6.07 Å². The lowest BCUT2D eigenvalue weighted by molar-refractivity contribution is 0.334. The molecule has 0 saturated heterocycles. The number of nitrogens with zero attached hydrogens (tertiary/aromatic N) is 1. The first-order valence-corrected chi connectivity index (χ1v) is 7.95. The Labute approximate surface area is 123 Å². The smallest absolute Gasteiger partial charge is 0.104 e. The summed E-state index contributed by atoms with van der Waals surface area (Å²) in [6, 6.07) is 13.5. The Morgan fingerprint density at radius 3 is 2.40 bits per heavy atom. The average molecular weight is 270 g/mol. The minimum absolute atomic E-state index is 0.398. The third-order valence-corrected chi connectivity index (χ3v) is 4.38. The predicted octanol–water partition coefficient (Wildman–Crippen LogP) is 4.21. The van der Waals surface area contributed by atoms with Crippen LogP contribution in [-0.4, -0.2) is 11.6 Å². The molecular weight excluding hydrogens is 244 g/mol. The van der Waals surface area contributed by atoms with Crippen molar-refractivity contribution in [1.29, 1.82) is 5.26 Å². The minimum Gasteiger partial charge on any atom is -0.297 e. The SMILES string of the molecule is CC(C#N)(CCc1ccccc1)NC1CCCCCC1. The molecule has 20 heavy (non-hydrogen) atoms. The van der Waals surface area contributed by atoms with Crippen molar-refractivity contribution in [2.75, 3.05) is 0 Å². The molecule has 2 heteroatoms. The second-order valence-corrected chi connectivity index (χ2v) is 6.26. The van der Waals surface area contributed by atoms with Crippen LogP contribution in [0, 0.1) is 11.3 Å². The van der Waals surface area contributed by atoms with Crippen molar-refractivity contribution in [2.45, 2.75) is 69.9 Å². The molecule has 0 heterocycles. The fraction of sp³-hybridized carbons (Fsp3) is 0.611. The minimum atomic E-state index is -0.398. The number of nitrogens with one attached hydrogen (secondary N) is 1. The van der Waals surface area contributed by atoms with Crippen molar-refractivity contribution >= 4 is 0 Å². The van der Waals surface area contributed by atoms with Crippen molar-refractivity contribution in [3.8, 4) is 6.07 Å². The quantitative estimate of drug-likeness (QED) is 0.813. The lowest BCUT2D eigenvalue weighted by Gasteiger charge is -2.29. The van der Waals surface area contributed by atoms with Crippen LogP contribution in [0.3, 0.4) is 0 Å². The van der Waals surface area contributed by atoms with Crippen LogP contribution in [0.1, 0.15) is 57.4 Å². The van der Waals surface area contributed by atoms with Gasteiger partial charge in [-0.15, -0.1) is 0 Å². The van der Waals surface area contributed by atoms with Crippen LogP contribution in [-0.2, 0) is 6.42 Å². The van der Waals surface area contributed by atoms with E-state index in [-0.39, 0.29) is 0 Å². The van der Waals surface area contributed by atoms with E-state index in [0.717, 1.165) is 12.8 Å². The molecule has 1 atom stereocenters. The lowest BCUT2D eigenvalue weighted by atomic mass is 9.92. The number of benzene rings is 1. The van der Waals surface area contributed by atoms with Gasteiger partial charge < -0.3 is 0 Å². The van der Waals surface area contributed by atoms with Crippen LogP contribution in [0.2, 0.25) is 0 Å². The van der Waals surface area contributed by atoms with Gasteiger partial charge in [0.15, 0.2) is 0 Å². The van der Waals surface area contributed by atoms with Crippen molar-refractivity contribution < 1.29 is 0 Å². The zero-order valence-electron chi connectivity index (χ0n) is 12.6. The molecule has 1 aromatic rings. The average Bonchev–Trinajstić information content (AvgIpc) is 2.75. The number of aryl methyl sites for hydroxylation is 1. The summed E-state index contributed by atoms with van der Waals surface area (Å²) in [5.41, 5.74) is 0.918. The van der Waals surface area contributed by atoms with Crippen LogP contribution in [0.25, 0.3) is 0 Å². The number of hydrogen-bond donors (Lipinski definition) is 1. The summed E-state index contributed by atoms with van der Waals surface area (Å²) in [7, 11) is 0. The Morgan fingerprint density at radius 2 is 1.80 bits per heavy atom. The second kappa shape index (κ2) is 7.45. The van der Waals surface area contributed by atoms with Gasteiger partial charge in [0, 0.05) is 6.04 Å². The third-order valence-electron chi connectivity index (χ3n) is 4.38. The molecule has 1 aliphatic rings. The Hall–Kier alpha value is -1.33. The molecule has 108 valence electrons. The summed E-state index contributed by atoms with van der Waals surface area (Å²) in [6.07, 6.45) is 9.60. The van der Waals surface area contributed by atoms with E-state index in [0.29, 0.717) is 6.04 Å². The first kappa shape index (κ1) is 15.1. The first-order valence-electron chi connectivity index (χ1n) is 7.95. The monoisotopic (exact) mass is 270 g/mol. The Kier molecular flexibility index (Phi) is 5.61. The summed E-state index contributed by atoms with van der Waals surface area (Å²) < 4.78 is 0. The lowest BCUT2D eigenvalue weighted by Crippen LogP contribution is -2.47. The number of hydrogen-bond acceptors (Lipinski definition) is 2. The zero-order valence-corrected chi connectivity index (χ0v) is 12.6. The van der Waals surface area contributed by atoms with Gasteiger partial charge in [0.1, 0.15) is 5.54 Å². The van der Waals surface area contributed by atoms with Gasteiger partial charge in [0.2, 0.25) is 0 Å². The van der Waals surface area contributed by atoms with Gasteiger partial charge in [-0.1, -0.05) is 56.0 Å². The summed E-state index contributed by atoms with van der Waals surface area (Å²) in [4.78, 5) is 0. The largest absolute Gasteiger partial charge is 0.297 e. The fourth-order valence-electron chi connectivity index (χ4n) is 3.07. The Morgan fingerprint density at radius 1 is 1.15 bits per heavy atom. The molecule has 1 fully saturated rings. The maximum atomic E-state index is 9.55. The molecule has 1 N–H and O–H groups in total. The molecule has 1 aromatic carbocycles. The van der Waals surface area contributed by atoms with E-state index in [1.54, 1.807) is 0 Å². The molecule has 0 amide bonds. The molecule has 0 aliphatic heterocycles. The zero-order chi connectivity index (χ0) is 14.3. The fourth-order valence-corrected chi connectivity index (χ4v) is 3.07. The molecule has 0 radical (unpaired) electrons. The maximum Gasteiger partial charge on any atom is 0.104 e. The highest BCUT2D eigenvalue weighted by Gasteiger charge is 2.27. The number of rotatable bonds is 5. The van der Waals surface area contributed by atoms with E-state index in [1.165, 1.54) is 44.1 Å². The van der Waals surface area contributed by atoms with Crippen molar-refractivity contribution in [2.24, 2.45) is 0 Å². The van der Waals surface area contributed by atoms with Crippen LogP contribution < -0.4 is 5.32 Å². The van der Waals surface area contributed by atoms with Gasteiger partial charge in [-0.05, 0) is 38.2 Å². The summed E-state index contributed by atoms with van der Waals surface area (Å²) in [5.74, 6) is 0. The molecule has 1 saturated carbocycles. The molecular formula is C18H26N2. The van der Waals surface area contributed by atoms with Crippen molar-refractivity contribution in [3.05, 3.63) is 35.9 Å². The molecule has 0 spiro atoms. The van der Waals surface area contributed by atoms with Crippen LogP contribution in [0.5, 0.6) is 0 Å². The van der Waals surface area contributed by atoms with Crippen molar-refractivity contribution in [1.82, 2.24) is 5.32 Å². The summed E-state index contributed by atoms with van der Waals surface area (Å²) in [5, 5.41) is 13.2. The molecule has 1 unspecified atom stereocenters. The Bertz CT molecular complexity index is 426. The standard InChI is InChI=1S/C18H26N2/c1-18(15-19,14-13-16-9-5-4-6-10-16)20-17-11-7-2-3-8-12-17/h4-6,9-10,17,20H,2-3,7-8,11-14H2,1H3. The topological polar surface area (TPSA) is 35.8 Å². The van der Waals surface area contributed by atoms with Gasteiger partial charge >= 0.3 is 0 Å². The molecule has 0 aromatic heterocycles. The third kappa shape index (κ3) is 4.65. The molecule has 0 bridgehead atoms. The normalized spacial score (nSPS) is 19.8. The van der Waals surface area contributed by atoms with Crippen molar-refractivity contribution in [3.63, 3.8) is 0 Å². The van der Waals surface area contributed by atoms with Gasteiger partial charge in [0.05, 0.1) is 6.07 Å². The van der Waals surface area contributed by atoms with E-state index in [2.05, 4.69) is 42.6 Å². The second-order valence-electron chi connectivity index (χ2n) is 6.26. The Balaban J connectivity index is 1.89. The molecule has 2 nitrogen and oxygen atoms in total. The van der Waals surface area contributed by atoms with Gasteiger partial charge in [-0.2, -0.15) is 5.26 Å². The highest BCUT2D eigenvalue weighted by molar-refractivity contribution is 5.17. The van der Waals surface area contributed by atoms with Gasteiger partial charge in [0.25, 0.3) is 0 Å². The maximum absolute atomic E-state index is 9.55. The van der Waals surface area contributed by atoms with Gasteiger partial charge in [-0.3, -0.25) is 5.32 Å². The van der Waals surface area contributed by atoms with Crippen LogP contribution in [0.15, 0.2) is 30.3 Å². The van der Waals surface area contributed by atoms with Crippen LogP contribution >= 0.6 is 0 Å². The van der Waals surface area contributed by atoms with E-state index in [4.69, 9.17) is 0 Å². The van der Waals surface area contributed by atoms with Crippen LogP contribution in [0.4, 0.5) is 0 Å². The highest BCUT2D eigenvalue weighted by atomic mass is 15.0. The molecule has 2 rings (SSSR count). The van der Waals surface area contributed by atoms with E-state index in [9.17, 15) is 5.26 Å². The summed E-state index contributed by atoms with van der Waals surface area (Å²) in [6.45, 7) is 2.06. The predicted molar refractivity (Wildman–Crippen MR) is 83.4 cm³/mol. The van der Waals surface area contributed by atoms with Gasteiger partial charge in [-0.25, -0.2) is 0 Å². The van der Waals surface area contributed by atoms with E-state index < -0.39 is 5.54 Å². The number of nitriles is 1. The first-order chi connectivity index (χ1) is 9.72. The summed E-state index contributed by atoms with van der Waals surface area (Å²) >= 11 is 0. The van der Waals surface area contributed by atoms with E-state index >= 15 is 0 Å². The highest BCUT2D eigenvalue weighted by Crippen LogP contribution is 2.21. The molecule has 1 aliphatic carbocycles.